The number of nitrogens with zero attached hydrogens (tertiary/aromatic N) is 3. The molecule has 0 fully saturated rings. The molecule has 0 aliphatic carbocycles. The number of hydrogen-bond donors (Lipinski definition) is 3. The van der Waals surface area contributed by atoms with Crippen molar-refractivity contribution in [3.8, 4) is 0 Å². The van der Waals surface area contributed by atoms with Gasteiger partial charge in [0.2, 0.25) is 0 Å². The van der Waals surface area contributed by atoms with Crippen molar-refractivity contribution in [2.75, 3.05) is 11.9 Å². The van der Waals surface area contributed by atoms with Crippen LogP contribution in [0.2, 0.25) is 0 Å². The van der Waals surface area contributed by atoms with Crippen molar-refractivity contribution in [3.05, 3.63) is 29.8 Å². The summed E-state index contributed by atoms with van der Waals surface area (Å²) >= 11 is 1.32. The predicted molar refractivity (Wildman–Crippen MR) is 68.3 cm³/mol. The second-order valence-electron chi connectivity index (χ2n) is 3.52. The van der Waals surface area contributed by atoms with Gasteiger partial charge in [0.15, 0.2) is 10.8 Å². The SMILES string of the molecule is O=C(NCCn1cnc(C(=O)O)c1)Nc1nccs1. The lowest BCUT2D eigenvalue weighted by atomic mass is 10.5. The summed E-state index contributed by atoms with van der Waals surface area (Å²) in [5.74, 6) is -1.08. The Bertz CT molecular complexity index is 565. The van der Waals surface area contributed by atoms with Gasteiger partial charge in [-0.2, -0.15) is 0 Å². The average Bonchev–Trinajstić information content (AvgIpc) is 3.00. The third-order valence-corrected chi connectivity index (χ3v) is 2.85. The molecule has 2 aromatic heterocycles. The molecule has 100 valence electrons. The number of nitrogens with one attached hydrogen (secondary N) is 2. The van der Waals surface area contributed by atoms with Gasteiger partial charge >= 0.3 is 12.0 Å². The van der Waals surface area contributed by atoms with Gasteiger partial charge in [0.25, 0.3) is 0 Å². The van der Waals surface area contributed by atoms with Crippen LogP contribution in [0, 0.1) is 0 Å². The van der Waals surface area contributed by atoms with Crippen molar-refractivity contribution in [1.29, 1.82) is 0 Å². The number of carboxylic acids is 1. The molecule has 0 aliphatic heterocycles. The van der Waals surface area contributed by atoms with E-state index in [1.807, 2.05) is 0 Å². The number of anilines is 1. The Morgan fingerprint density at radius 2 is 2.26 bits per heavy atom. The summed E-state index contributed by atoms with van der Waals surface area (Å²) in [6.45, 7) is 0.790. The van der Waals surface area contributed by atoms with Crippen LogP contribution in [0.4, 0.5) is 9.93 Å². The molecule has 0 atom stereocenters. The molecule has 0 aromatic carbocycles. The fourth-order valence-corrected chi connectivity index (χ4v) is 1.84. The molecule has 2 aromatic rings. The van der Waals surface area contributed by atoms with Gasteiger partial charge < -0.3 is 15.0 Å². The van der Waals surface area contributed by atoms with Crippen molar-refractivity contribution in [3.63, 3.8) is 0 Å². The number of aromatic nitrogens is 3. The molecule has 2 rings (SSSR count). The lowest BCUT2D eigenvalue weighted by Gasteiger charge is -2.05. The van der Waals surface area contributed by atoms with Gasteiger partial charge in [-0.3, -0.25) is 5.32 Å². The van der Waals surface area contributed by atoms with Crippen LogP contribution in [0.15, 0.2) is 24.1 Å². The zero-order valence-electron chi connectivity index (χ0n) is 9.74. The topological polar surface area (TPSA) is 109 Å². The molecule has 19 heavy (non-hydrogen) atoms. The van der Waals surface area contributed by atoms with Gasteiger partial charge in [0.05, 0.1) is 6.33 Å². The molecular weight excluding hydrogens is 270 g/mol. The molecule has 0 unspecified atom stereocenters. The summed E-state index contributed by atoms with van der Waals surface area (Å²) < 4.78 is 1.59. The molecule has 0 bridgehead atoms. The number of rotatable bonds is 5. The minimum atomic E-state index is -1.08. The highest BCUT2D eigenvalue weighted by Gasteiger charge is 2.06. The first kappa shape index (κ1) is 13.0. The summed E-state index contributed by atoms with van der Waals surface area (Å²) in [7, 11) is 0. The average molecular weight is 281 g/mol. The van der Waals surface area contributed by atoms with E-state index in [1.165, 1.54) is 23.9 Å². The number of imidazole rings is 1. The maximum atomic E-state index is 11.4. The molecule has 8 nitrogen and oxygen atoms in total. The van der Waals surface area contributed by atoms with E-state index >= 15 is 0 Å². The molecule has 9 heteroatoms. The van der Waals surface area contributed by atoms with Gasteiger partial charge in [-0.05, 0) is 0 Å². The van der Waals surface area contributed by atoms with E-state index < -0.39 is 5.97 Å². The highest BCUT2D eigenvalue weighted by Crippen LogP contribution is 2.09. The van der Waals surface area contributed by atoms with E-state index in [4.69, 9.17) is 5.11 Å². The van der Waals surface area contributed by atoms with Crippen LogP contribution in [-0.2, 0) is 6.54 Å². The first-order chi connectivity index (χ1) is 9.15. The Morgan fingerprint density at radius 3 is 2.89 bits per heavy atom. The van der Waals surface area contributed by atoms with Crippen molar-refractivity contribution in [2.24, 2.45) is 0 Å². The summed E-state index contributed by atoms with van der Waals surface area (Å²) in [6.07, 6.45) is 4.41. The minimum absolute atomic E-state index is 0.0211. The predicted octanol–water partition coefficient (Wildman–Crippen LogP) is 0.859. The standard InChI is InChI=1S/C10H11N5O3S/c16-8(17)7-5-15(6-13-7)3-1-11-9(18)14-10-12-2-4-19-10/h2,4-6H,1,3H2,(H,16,17)(H2,11,12,14,18). The molecule has 0 spiro atoms. The van der Waals surface area contributed by atoms with Crippen LogP contribution in [0.5, 0.6) is 0 Å². The van der Waals surface area contributed by atoms with E-state index in [1.54, 1.807) is 16.1 Å². The number of carbonyl (C=O) groups is 2. The van der Waals surface area contributed by atoms with Crippen molar-refractivity contribution < 1.29 is 14.7 Å². The smallest absolute Gasteiger partial charge is 0.356 e. The Balaban J connectivity index is 1.73. The fraction of sp³-hybridized carbons (Fsp3) is 0.200. The maximum absolute atomic E-state index is 11.4. The van der Waals surface area contributed by atoms with E-state index in [2.05, 4.69) is 20.6 Å². The Morgan fingerprint density at radius 1 is 1.42 bits per heavy atom. The van der Waals surface area contributed by atoms with Crippen LogP contribution in [0.3, 0.4) is 0 Å². The van der Waals surface area contributed by atoms with Crippen LogP contribution in [0.25, 0.3) is 0 Å². The first-order valence-electron chi connectivity index (χ1n) is 5.34. The monoisotopic (exact) mass is 281 g/mol. The van der Waals surface area contributed by atoms with Crippen molar-refractivity contribution in [2.45, 2.75) is 6.54 Å². The number of amides is 2. The van der Waals surface area contributed by atoms with Gasteiger partial charge in [-0.25, -0.2) is 19.6 Å². The molecular formula is C10H11N5O3S. The van der Waals surface area contributed by atoms with Gasteiger partial charge in [0, 0.05) is 30.9 Å². The van der Waals surface area contributed by atoms with E-state index in [9.17, 15) is 9.59 Å². The summed E-state index contributed by atoms with van der Waals surface area (Å²) in [6, 6.07) is -0.353. The molecule has 2 amide bonds. The normalized spacial score (nSPS) is 10.1. The van der Waals surface area contributed by atoms with Gasteiger partial charge in [-0.15, -0.1) is 11.3 Å². The fourth-order valence-electron chi connectivity index (χ4n) is 1.32. The number of hydrogen-bond acceptors (Lipinski definition) is 5. The lowest BCUT2D eigenvalue weighted by molar-refractivity contribution is 0.0691. The van der Waals surface area contributed by atoms with Crippen LogP contribution >= 0.6 is 11.3 Å². The second kappa shape index (κ2) is 5.96. The molecule has 0 aliphatic rings. The number of thiazole rings is 1. The number of carboxylic acid groups (broad SMARTS) is 1. The lowest BCUT2D eigenvalue weighted by Crippen LogP contribution is -2.31. The Hall–Kier alpha value is -2.42. The third-order valence-electron chi connectivity index (χ3n) is 2.16. The minimum Gasteiger partial charge on any atom is -0.476 e. The van der Waals surface area contributed by atoms with Crippen LogP contribution in [-0.4, -0.2) is 38.2 Å². The molecule has 0 saturated heterocycles. The zero-order chi connectivity index (χ0) is 13.7. The highest BCUT2D eigenvalue weighted by atomic mass is 32.1. The van der Waals surface area contributed by atoms with Crippen molar-refractivity contribution >= 4 is 28.5 Å². The van der Waals surface area contributed by atoms with Gasteiger partial charge in [0.1, 0.15) is 0 Å². The number of aromatic carboxylic acids is 1. The summed E-state index contributed by atoms with van der Waals surface area (Å²) in [5.41, 5.74) is -0.0211. The largest absolute Gasteiger partial charge is 0.476 e. The zero-order valence-corrected chi connectivity index (χ0v) is 10.6. The van der Waals surface area contributed by atoms with Crippen LogP contribution in [0.1, 0.15) is 10.5 Å². The second-order valence-corrected chi connectivity index (χ2v) is 4.41. The molecule has 3 N–H and O–H groups in total. The van der Waals surface area contributed by atoms with Crippen LogP contribution < -0.4 is 10.6 Å². The van der Waals surface area contributed by atoms with Crippen molar-refractivity contribution in [1.82, 2.24) is 19.9 Å². The number of carbonyl (C=O) groups excluding carboxylic acids is 1. The van der Waals surface area contributed by atoms with E-state index in [0.29, 0.717) is 18.2 Å². The van der Waals surface area contributed by atoms with E-state index in [-0.39, 0.29) is 11.7 Å². The summed E-state index contributed by atoms with van der Waals surface area (Å²) in [5, 5.41) is 16.2. The maximum Gasteiger partial charge on any atom is 0.356 e. The van der Waals surface area contributed by atoms with Gasteiger partial charge in [-0.1, -0.05) is 0 Å². The number of urea groups is 1. The van der Waals surface area contributed by atoms with E-state index in [0.717, 1.165) is 0 Å². The quantitative estimate of drug-likeness (QED) is 0.753. The molecule has 2 heterocycles. The highest BCUT2D eigenvalue weighted by molar-refractivity contribution is 7.13. The first-order valence-corrected chi connectivity index (χ1v) is 6.22. The summed E-state index contributed by atoms with van der Waals surface area (Å²) in [4.78, 5) is 29.7. The Kier molecular flexibility index (Phi) is 4.08. The molecule has 0 radical (unpaired) electrons. The Labute approximate surface area is 112 Å². The molecule has 0 saturated carbocycles. The third kappa shape index (κ3) is 3.78.